The SMILES string of the molecule is NCC1CCCCN1C(=O)CCCC1CCCCC1. The second-order valence-corrected chi connectivity index (χ2v) is 6.37. The fourth-order valence-electron chi connectivity index (χ4n) is 3.74. The summed E-state index contributed by atoms with van der Waals surface area (Å²) in [4.78, 5) is 14.3. The van der Waals surface area contributed by atoms with E-state index >= 15 is 0 Å². The van der Waals surface area contributed by atoms with Gasteiger partial charge < -0.3 is 10.6 Å². The standard InChI is InChI=1S/C16H30N2O/c17-13-15-10-4-5-12-18(15)16(19)11-6-9-14-7-2-1-3-8-14/h14-15H,1-13,17H2. The maximum atomic E-state index is 12.3. The summed E-state index contributed by atoms with van der Waals surface area (Å²) >= 11 is 0. The first kappa shape index (κ1) is 14.8. The molecule has 1 saturated heterocycles. The van der Waals surface area contributed by atoms with E-state index in [9.17, 15) is 4.79 Å². The van der Waals surface area contributed by atoms with Crippen molar-refractivity contribution in [3.05, 3.63) is 0 Å². The second-order valence-electron chi connectivity index (χ2n) is 6.37. The summed E-state index contributed by atoms with van der Waals surface area (Å²) in [6.07, 6.45) is 13.6. The van der Waals surface area contributed by atoms with Crippen LogP contribution in [0, 0.1) is 5.92 Å². The van der Waals surface area contributed by atoms with E-state index in [1.54, 1.807) is 0 Å². The van der Waals surface area contributed by atoms with Crippen molar-refractivity contribution < 1.29 is 4.79 Å². The van der Waals surface area contributed by atoms with Crippen molar-refractivity contribution in [3.8, 4) is 0 Å². The molecular formula is C16H30N2O. The Morgan fingerprint density at radius 1 is 1.05 bits per heavy atom. The Kier molecular flexibility index (Phi) is 6.15. The van der Waals surface area contributed by atoms with Crippen molar-refractivity contribution in [3.63, 3.8) is 0 Å². The molecule has 0 aromatic rings. The molecule has 1 aliphatic heterocycles. The van der Waals surface area contributed by atoms with Gasteiger partial charge in [0.2, 0.25) is 5.91 Å². The molecule has 110 valence electrons. The zero-order valence-corrected chi connectivity index (χ0v) is 12.3. The van der Waals surface area contributed by atoms with Gasteiger partial charge in [-0.25, -0.2) is 0 Å². The van der Waals surface area contributed by atoms with Crippen molar-refractivity contribution in [2.75, 3.05) is 13.1 Å². The van der Waals surface area contributed by atoms with Crippen LogP contribution in [0.5, 0.6) is 0 Å². The van der Waals surface area contributed by atoms with Gasteiger partial charge in [0.05, 0.1) is 0 Å². The molecule has 0 aromatic heterocycles. The molecule has 0 spiro atoms. The highest BCUT2D eigenvalue weighted by Crippen LogP contribution is 2.28. The topological polar surface area (TPSA) is 46.3 Å². The maximum Gasteiger partial charge on any atom is 0.222 e. The number of carbonyl (C=O) groups is 1. The predicted molar refractivity (Wildman–Crippen MR) is 78.8 cm³/mol. The van der Waals surface area contributed by atoms with Gasteiger partial charge in [0.1, 0.15) is 0 Å². The molecule has 19 heavy (non-hydrogen) atoms. The van der Waals surface area contributed by atoms with Crippen LogP contribution in [0.1, 0.15) is 70.6 Å². The van der Waals surface area contributed by atoms with E-state index in [4.69, 9.17) is 5.73 Å². The number of likely N-dealkylation sites (tertiary alicyclic amines) is 1. The molecule has 1 aliphatic carbocycles. The van der Waals surface area contributed by atoms with Crippen LogP contribution in [-0.4, -0.2) is 29.9 Å². The van der Waals surface area contributed by atoms with Gasteiger partial charge in [-0.15, -0.1) is 0 Å². The van der Waals surface area contributed by atoms with Crippen LogP contribution in [0.25, 0.3) is 0 Å². The first-order valence-electron chi connectivity index (χ1n) is 8.31. The van der Waals surface area contributed by atoms with E-state index in [0.29, 0.717) is 18.5 Å². The smallest absolute Gasteiger partial charge is 0.222 e. The van der Waals surface area contributed by atoms with E-state index < -0.39 is 0 Å². The van der Waals surface area contributed by atoms with Gasteiger partial charge >= 0.3 is 0 Å². The first-order chi connectivity index (χ1) is 9.31. The molecule has 2 aliphatic rings. The number of nitrogens with two attached hydrogens (primary N) is 1. The van der Waals surface area contributed by atoms with Gasteiger partial charge in [-0.2, -0.15) is 0 Å². The molecule has 2 rings (SSSR count). The summed E-state index contributed by atoms with van der Waals surface area (Å²) in [7, 11) is 0. The van der Waals surface area contributed by atoms with Gasteiger partial charge in [0.25, 0.3) is 0 Å². The van der Waals surface area contributed by atoms with Crippen LogP contribution in [0.3, 0.4) is 0 Å². The van der Waals surface area contributed by atoms with Crippen molar-refractivity contribution >= 4 is 5.91 Å². The summed E-state index contributed by atoms with van der Waals surface area (Å²) in [5, 5.41) is 0. The van der Waals surface area contributed by atoms with E-state index in [1.165, 1.54) is 44.9 Å². The number of nitrogens with zero attached hydrogens (tertiary/aromatic N) is 1. The lowest BCUT2D eigenvalue weighted by Crippen LogP contribution is -2.47. The average Bonchev–Trinajstić information content (AvgIpc) is 2.48. The third kappa shape index (κ3) is 4.48. The number of carbonyl (C=O) groups excluding carboxylic acids is 1. The molecule has 0 aromatic carbocycles. The number of piperidine rings is 1. The molecule has 2 N–H and O–H groups in total. The number of amides is 1. The van der Waals surface area contributed by atoms with Gasteiger partial charge in [-0.05, 0) is 38.0 Å². The molecule has 0 radical (unpaired) electrons. The quantitative estimate of drug-likeness (QED) is 0.831. The fraction of sp³-hybridized carbons (Fsp3) is 0.938. The van der Waals surface area contributed by atoms with Crippen molar-refractivity contribution in [2.24, 2.45) is 11.7 Å². The zero-order chi connectivity index (χ0) is 13.5. The number of rotatable bonds is 5. The lowest BCUT2D eigenvalue weighted by molar-refractivity contribution is -0.134. The largest absolute Gasteiger partial charge is 0.338 e. The van der Waals surface area contributed by atoms with Crippen LogP contribution >= 0.6 is 0 Å². The summed E-state index contributed by atoms with van der Waals surface area (Å²) < 4.78 is 0. The predicted octanol–water partition coefficient (Wildman–Crippen LogP) is 3.08. The van der Waals surface area contributed by atoms with E-state index in [-0.39, 0.29) is 0 Å². The number of hydrogen-bond donors (Lipinski definition) is 1. The third-order valence-electron chi connectivity index (χ3n) is 4.95. The molecule has 1 amide bonds. The van der Waals surface area contributed by atoms with Crippen LogP contribution < -0.4 is 5.73 Å². The normalized spacial score (nSPS) is 25.5. The van der Waals surface area contributed by atoms with Gasteiger partial charge in [0, 0.05) is 25.6 Å². The van der Waals surface area contributed by atoms with Crippen LogP contribution in [-0.2, 0) is 4.79 Å². The van der Waals surface area contributed by atoms with Gasteiger partial charge in [-0.3, -0.25) is 4.79 Å². The second kappa shape index (κ2) is 7.88. The zero-order valence-electron chi connectivity index (χ0n) is 12.3. The summed E-state index contributed by atoms with van der Waals surface area (Å²) in [6, 6.07) is 0.316. The minimum absolute atomic E-state index is 0.316. The molecule has 1 saturated carbocycles. The molecule has 2 fully saturated rings. The lowest BCUT2D eigenvalue weighted by Gasteiger charge is -2.35. The lowest BCUT2D eigenvalue weighted by atomic mass is 9.86. The van der Waals surface area contributed by atoms with E-state index in [2.05, 4.69) is 4.90 Å². The first-order valence-corrected chi connectivity index (χ1v) is 8.31. The summed E-state index contributed by atoms with van der Waals surface area (Å²) in [6.45, 7) is 1.57. The maximum absolute atomic E-state index is 12.3. The minimum Gasteiger partial charge on any atom is -0.338 e. The Labute approximate surface area is 117 Å². The Balaban J connectivity index is 1.67. The molecule has 1 heterocycles. The van der Waals surface area contributed by atoms with Gasteiger partial charge in [0.15, 0.2) is 0 Å². The Hall–Kier alpha value is -0.570. The monoisotopic (exact) mass is 266 g/mol. The Bertz CT molecular complexity index is 274. The van der Waals surface area contributed by atoms with Crippen molar-refractivity contribution in [2.45, 2.75) is 76.7 Å². The highest BCUT2D eigenvalue weighted by atomic mass is 16.2. The van der Waals surface area contributed by atoms with Gasteiger partial charge in [-0.1, -0.05) is 32.1 Å². The average molecular weight is 266 g/mol. The summed E-state index contributed by atoms with van der Waals surface area (Å²) in [5.41, 5.74) is 5.78. The summed E-state index contributed by atoms with van der Waals surface area (Å²) in [5.74, 6) is 1.25. The Morgan fingerprint density at radius 2 is 1.79 bits per heavy atom. The van der Waals surface area contributed by atoms with E-state index in [1.807, 2.05) is 0 Å². The van der Waals surface area contributed by atoms with Crippen molar-refractivity contribution in [1.82, 2.24) is 4.90 Å². The van der Waals surface area contributed by atoms with Crippen LogP contribution in [0.15, 0.2) is 0 Å². The number of hydrogen-bond acceptors (Lipinski definition) is 2. The minimum atomic E-state index is 0.316. The molecule has 3 heteroatoms. The fourth-order valence-corrected chi connectivity index (χ4v) is 3.74. The van der Waals surface area contributed by atoms with E-state index in [0.717, 1.165) is 38.1 Å². The molecule has 1 atom stereocenters. The third-order valence-corrected chi connectivity index (χ3v) is 4.95. The Morgan fingerprint density at radius 3 is 2.53 bits per heavy atom. The highest BCUT2D eigenvalue weighted by Gasteiger charge is 2.25. The molecule has 1 unspecified atom stereocenters. The van der Waals surface area contributed by atoms with Crippen molar-refractivity contribution in [1.29, 1.82) is 0 Å². The highest BCUT2D eigenvalue weighted by molar-refractivity contribution is 5.76. The molecular weight excluding hydrogens is 236 g/mol. The molecule has 0 bridgehead atoms. The van der Waals surface area contributed by atoms with Crippen LogP contribution in [0.4, 0.5) is 0 Å². The van der Waals surface area contributed by atoms with Crippen LogP contribution in [0.2, 0.25) is 0 Å². The molecule has 3 nitrogen and oxygen atoms in total.